The second-order valence-electron chi connectivity index (χ2n) is 14.2. The highest BCUT2D eigenvalue weighted by Crippen LogP contribution is 2.53. The largest absolute Gasteiger partial charge is 0.310 e. The van der Waals surface area contributed by atoms with Crippen molar-refractivity contribution < 1.29 is 9.59 Å². The Hall–Kier alpha value is -5.28. The van der Waals surface area contributed by atoms with Crippen LogP contribution in [0.3, 0.4) is 0 Å². The Bertz CT molecular complexity index is 2260. The molecule has 0 unspecified atom stereocenters. The van der Waals surface area contributed by atoms with E-state index in [0.717, 1.165) is 39.0 Å². The van der Waals surface area contributed by atoms with Gasteiger partial charge in [-0.05, 0) is 97.8 Å². The van der Waals surface area contributed by atoms with Crippen molar-refractivity contribution >= 4 is 56.2 Å². The van der Waals surface area contributed by atoms with Gasteiger partial charge in [0.25, 0.3) is 0 Å². The molecule has 1 aliphatic heterocycles. The van der Waals surface area contributed by atoms with Crippen molar-refractivity contribution in [3.8, 4) is 0 Å². The van der Waals surface area contributed by atoms with Gasteiger partial charge in [-0.15, -0.1) is 0 Å². The molecule has 8 rings (SSSR count). The van der Waals surface area contributed by atoms with Crippen LogP contribution in [0.4, 0.5) is 17.1 Å². The summed E-state index contributed by atoms with van der Waals surface area (Å²) in [5.41, 5.74) is 8.72. The highest BCUT2D eigenvalue weighted by atomic mass is 16.2. The first kappa shape index (κ1) is 28.2. The topological polar surface area (TPSA) is 37.4 Å². The van der Waals surface area contributed by atoms with Crippen LogP contribution in [0, 0.1) is 0 Å². The summed E-state index contributed by atoms with van der Waals surface area (Å²) in [6, 6.07) is 39.9. The fourth-order valence-corrected chi connectivity index (χ4v) is 7.21. The van der Waals surface area contributed by atoms with Crippen LogP contribution in [0.2, 0.25) is 0 Å². The number of rotatable bonds is 2. The fraction of sp³-hybridized carbons (Fsp3) is 0.163. The molecule has 0 saturated carbocycles. The number of Topliss-reactive ketones (excluding diaryl/α,β-unsaturated/α-hetero) is 2. The van der Waals surface area contributed by atoms with Gasteiger partial charge in [0, 0.05) is 22.2 Å². The Morgan fingerprint density at radius 3 is 1.74 bits per heavy atom. The number of hydrogen-bond acceptors (Lipinski definition) is 3. The number of nitrogens with zero attached hydrogens (tertiary/aromatic N) is 1. The molecule has 6 aromatic carbocycles. The van der Waals surface area contributed by atoms with Crippen LogP contribution in [0.5, 0.6) is 0 Å². The molecule has 0 N–H and O–H groups in total. The Morgan fingerprint density at radius 1 is 0.587 bits per heavy atom. The van der Waals surface area contributed by atoms with E-state index in [1.54, 1.807) is 6.08 Å². The SMILES string of the molecule is CC(C)(C)c1ccc2c(c1)C(C)(C)c1cc(C=C3C(=O)c4cc5ccccc5cc4C3=O)ccc1N2c1ccc2ccccc2c1. The Morgan fingerprint density at radius 2 is 1.13 bits per heavy atom. The van der Waals surface area contributed by atoms with Gasteiger partial charge in [0.05, 0.1) is 16.9 Å². The maximum absolute atomic E-state index is 13.6. The van der Waals surface area contributed by atoms with Gasteiger partial charge in [-0.3, -0.25) is 9.59 Å². The van der Waals surface area contributed by atoms with Gasteiger partial charge in [-0.1, -0.05) is 107 Å². The number of carbonyl (C=O) groups is 2. The summed E-state index contributed by atoms with van der Waals surface area (Å²) < 4.78 is 0. The van der Waals surface area contributed by atoms with Gasteiger partial charge in [0.2, 0.25) is 0 Å². The second kappa shape index (κ2) is 9.86. The number of carbonyl (C=O) groups excluding carboxylic acids is 2. The molecule has 0 bridgehead atoms. The van der Waals surface area contributed by atoms with Gasteiger partial charge in [0.1, 0.15) is 0 Å². The molecule has 2 aliphatic rings. The summed E-state index contributed by atoms with van der Waals surface area (Å²) in [5.74, 6) is -0.415. The maximum Gasteiger partial charge on any atom is 0.197 e. The zero-order chi connectivity index (χ0) is 32.0. The lowest BCUT2D eigenvalue weighted by Crippen LogP contribution is -2.31. The van der Waals surface area contributed by atoms with E-state index in [0.29, 0.717) is 11.1 Å². The van der Waals surface area contributed by atoms with Crippen molar-refractivity contribution in [2.24, 2.45) is 0 Å². The Kier molecular flexibility index (Phi) is 6.05. The molecule has 46 heavy (non-hydrogen) atoms. The number of hydrogen-bond donors (Lipinski definition) is 0. The van der Waals surface area contributed by atoms with Gasteiger partial charge >= 0.3 is 0 Å². The molecule has 3 nitrogen and oxygen atoms in total. The van der Waals surface area contributed by atoms with Crippen LogP contribution in [0.1, 0.15) is 77.6 Å². The lowest BCUT2D eigenvalue weighted by Gasteiger charge is -2.43. The lowest BCUT2D eigenvalue weighted by molar-refractivity contribution is 0.0990. The number of benzene rings is 6. The third-order valence-corrected chi connectivity index (χ3v) is 9.88. The van der Waals surface area contributed by atoms with E-state index in [2.05, 4.69) is 112 Å². The predicted octanol–water partition coefficient (Wildman–Crippen LogP) is 10.9. The molecule has 0 saturated heterocycles. The zero-order valence-corrected chi connectivity index (χ0v) is 26.8. The predicted molar refractivity (Wildman–Crippen MR) is 190 cm³/mol. The number of fused-ring (bicyclic) bond motifs is 5. The molecule has 0 fully saturated rings. The average Bonchev–Trinajstić information content (AvgIpc) is 3.27. The molecule has 0 spiro atoms. The molecule has 1 heterocycles. The van der Waals surface area contributed by atoms with E-state index < -0.39 is 0 Å². The Labute approximate surface area is 269 Å². The summed E-state index contributed by atoms with van der Waals surface area (Å²) in [4.78, 5) is 29.6. The van der Waals surface area contributed by atoms with E-state index in [-0.39, 0.29) is 28.0 Å². The Balaban J connectivity index is 1.29. The lowest BCUT2D eigenvalue weighted by atomic mass is 9.71. The van der Waals surface area contributed by atoms with Crippen molar-refractivity contribution in [3.63, 3.8) is 0 Å². The number of ketones is 2. The molecule has 1 aliphatic carbocycles. The zero-order valence-electron chi connectivity index (χ0n) is 26.8. The summed E-state index contributed by atoms with van der Waals surface area (Å²) in [5, 5.41) is 4.31. The first-order valence-electron chi connectivity index (χ1n) is 15.9. The summed E-state index contributed by atoms with van der Waals surface area (Å²) >= 11 is 0. The average molecular weight is 598 g/mol. The van der Waals surface area contributed by atoms with Crippen LogP contribution in [0.25, 0.3) is 27.6 Å². The van der Waals surface area contributed by atoms with E-state index in [1.165, 1.54) is 21.9 Å². The molecule has 0 amide bonds. The monoisotopic (exact) mass is 597 g/mol. The van der Waals surface area contributed by atoms with Crippen LogP contribution in [-0.4, -0.2) is 11.6 Å². The number of allylic oxidation sites excluding steroid dienone is 1. The second-order valence-corrected chi connectivity index (χ2v) is 14.2. The smallest absolute Gasteiger partial charge is 0.197 e. The van der Waals surface area contributed by atoms with Crippen LogP contribution >= 0.6 is 0 Å². The summed E-state index contributed by atoms with van der Waals surface area (Å²) in [6.07, 6.45) is 1.78. The van der Waals surface area contributed by atoms with Crippen LogP contribution < -0.4 is 4.90 Å². The maximum atomic E-state index is 13.6. The van der Waals surface area contributed by atoms with Crippen LogP contribution in [-0.2, 0) is 10.8 Å². The molecule has 6 aromatic rings. The van der Waals surface area contributed by atoms with Crippen molar-refractivity contribution in [1.82, 2.24) is 0 Å². The van der Waals surface area contributed by atoms with Gasteiger partial charge in [0.15, 0.2) is 11.6 Å². The molecular formula is C43H35NO2. The van der Waals surface area contributed by atoms with Crippen molar-refractivity contribution in [2.45, 2.75) is 45.4 Å². The minimum atomic E-state index is -0.335. The minimum absolute atomic E-state index is 0.00552. The highest BCUT2D eigenvalue weighted by molar-refractivity contribution is 6.42. The number of anilines is 3. The van der Waals surface area contributed by atoms with Crippen molar-refractivity contribution in [1.29, 1.82) is 0 Å². The molecule has 224 valence electrons. The van der Waals surface area contributed by atoms with E-state index in [1.807, 2.05) is 42.5 Å². The van der Waals surface area contributed by atoms with E-state index in [9.17, 15) is 9.59 Å². The molecule has 0 radical (unpaired) electrons. The van der Waals surface area contributed by atoms with Crippen LogP contribution in [0.15, 0.2) is 121 Å². The molecular weight excluding hydrogens is 562 g/mol. The van der Waals surface area contributed by atoms with E-state index in [4.69, 9.17) is 0 Å². The fourth-order valence-electron chi connectivity index (χ4n) is 7.21. The first-order chi connectivity index (χ1) is 22.0. The highest BCUT2D eigenvalue weighted by Gasteiger charge is 2.38. The van der Waals surface area contributed by atoms with Gasteiger partial charge in [-0.2, -0.15) is 0 Å². The summed E-state index contributed by atoms with van der Waals surface area (Å²) in [6.45, 7) is 11.3. The van der Waals surface area contributed by atoms with Crippen molar-refractivity contribution in [2.75, 3.05) is 4.90 Å². The van der Waals surface area contributed by atoms with Crippen molar-refractivity contribution in [3.05, 3.63) is 154 Å². The normalized spacial score (nSPS) is 15.2. The minimum Gasteiger partial charge on any atom is -0.310 e. The van der Waals surface area contributed by atoms with Gasteiger partial charge < -0.3 is 4.90 Å². The molecule has 0 atom stereocenters. The standard InChI is InChI=1S/C43H35NO2/c1-42(2,3)31-16-19-39-37(25-31)43(4,5)36-21-26(14-18-38(36)44(39)32-17-15-27-10-6-7-11-28(27)22-32)20-35-40(45)33-23-29-12-8-9-13-30(29)24-34(33)41(35)46/h6-25H,1-5H3. The third-order valence-electron chi connectivity index (χ3n) is 9.88. The molecule has 0 aromatic heterocycles. The summed E-state index contributed by atoms with van der Waals surface area (Å²) in [7, 11) is 0. The van der Waals surface area contributed by atoms with E-state index >= 15 is 0 Å². The van der Waals surface area contributed by atoms with Gasteiger partial charge in [-0.25, -0.2) is 0 Å². The molecule has 3 heteroatoms. The first-order valence-corrected chi connectivity index (χ1v) is 15.9. The third kappa shape index (κ3) is 4.26. The quantitative estimate of drug-likeness (QED) is 0.147.